The molecule has 48 heavy (non-hydrogen) atoms. The summed E-state index contributed by atoms with van der Waals surface area (Å²) in [5, 5.41) is 17.1. The molecule has 5 aromatic rings. The second-order valence-corrected chi connectivity index (χ2v) is 13.3. The van der Waals surface area contributed by atoms with Crippen molar-refractivity contribution < 1.29 is 9.18 Å². The molecule has 2 aliphatic heterocycles. The number of nitriles is 1. The number of pyridine rings is 1. The van der Waals surface area contributed by atoms with E-state index in [1.54, 1.807) is 12.1 Å². The van der Waals surface area contributed by atoms with Crippen LogP contribution < -0.4 is 20.4 Å². The lowest BCUT2D eigenvalue weighted by Crippen LogP contribution is -2.48. The third kappa shape index (κ3) is 6.33. The van der Waals surface area contributed by atoms with E-state index in [4.69, 9.17) is 19.9 Å². The maximum atomic E-state index is 13.6. The van der Waals surface area contributed by atoms with Gasteiger partial charge in [-0.3, -0.25) is 9.20 Å². The van der Waals surface area contributed by atoms with Gasteiger partial charge in [-0.1, -0.05) is 18.3 Å². The van der Waals surface area contributed by atoms with Crippen LogP contribution in [0.3, 0.4) is 0 Å². The first-order valence-corrected chi connectivity index (χ1v) is 17.2. The fourth-order valence-corrected chi connectivity index (χ4v) is 7.38. The number of aromatic nitrogens is 5. The number of benzene rings is 1. The topological polar surface area (TPSA) is 127 Å². The van der Waals surface area contributed by atoms with Crippen LogP contribution in [0.4, 0.5) is 21.3 Å². The molecule has 11 nitrogen and oxygen atoms in total. The first-order valence-electron chi connectivity index (χ1n) is 16.4. The Morgan fingerprint density at radius 3 is 2.44 bits per heavy atom. The quantitative estimate of drug-likeness (QED) is 0.226. The van der Waals surface area contributed by atoms with Crippen LogP contribution in [0.2, 0.25) is 0 Å². The number of thiazole rings is 1. The summed E-state index contributed by atoms with van der Waals surface area (Å²) in [4.78, 5) is 36.4. The van der Waals surface area contributed by atoms with Crippen LogP contribution in [0, 0.1) is 23.1 Å². The molecular formula is C35H37FN10OS. The summed E-state index contributed by atoms with van der Waals surface area (Å²) in [5.74, 6) is 1.52. The number of piperidine rings is 2. The van der Waals surface area contributed by atoms with Gasteiger partial charge in [0.1, 0.15) is 33.9 Å². The first kappa shape index (κ1) is 31.7. The molecule has 2 aliphatic rings. The molecule has 0 saturated carbocycles. The highest BCUT2D eigenvalue weighted by atomic mass is 32.1. The van der Waals surface area contributed by atoms with Crippen LogP contribution in [0.25, 0.3) is 28.0 Å². The number of halogens is 1. The van der Waals surface area contributed by atoms with E-state index < -0.39 is 0 Å². The number of nitrogens with zero attached hydrogens (tertiary/aromatic N) is 8. The zero-order chi connectivity index (χ0) is 33.2. The van der Waals surface area contributed by atoms with Crippen molar-refractivity contribution in [1.82, 2.24) is 35.0 Å². The minimum Gasteiger partial charge on any atom is -0.353 e. The molecule has 4 aromatic heterocycles. The van der Waals surface area contributed by atoms with Crippen molar-refractivity contribution in [3.05, 3.63) is 71.4 Å². The van der Waals surface area contributed by atoms with Crippen LogP contribution in [-0.2, 0) is 11.2 Å². The number of amides is 1. The van der Waals surface area contributed by atoms with Crippen molar-refractivity contribution in [1.29, 1.82) is 5.26 Å². The Labute approximate surface area is 282 Å². The molecule has 2 N–H and O–H groups in total. The number of imidazole rings is 1. The number of fused-ring (bicyclic) bond motifs is 1. The van der Waals surface area contributed by atoms with Gasteiger partial charge < -0.3 is 20.4 Å². The smallest absolute Gasteiger partial charge is 0.225 e. The largest absolute Gasteiger partial charge is 0.353 e. The lowest BCUT2D eigenvalue weighted by Gasteiger charge is -2.33. The number of anilines is 3. The predicted molar refractivity (Wildman–Crippen MR) is 185 cm³/mol. The number of carbonyl (C=O) groups excluding carboxylic acids is 1. The second-order valence-electron chi connectivity index (χ2n) is 12.3. The third-order valence-electron chi connectivity index (χ3n) is 9.24. The monoisotopic (exact) mass is 664 g/mol. The molecule has 2 saturated heterocycles. The van der Waals surface area contributed by atoms with Crippen LogP contribution >= 0.6 is 11.3 Å². The highest BCUT2D eigenvalue weighted by Gasteiger charge is 2.27. The lowest BCUT2D eigenvalue weighted by molar-refractivity contribution is -0.126. The van der Waals surface area contributed by atoms with Gasteiger partial charge in [0.15, 0.2) is 5.13 Å². The fraction of sp³-hybridized carbons (Fsp3) is 0.371. The summed E-state index contributed by atoms with van der Waals surface area (Å²) in [6, 6.07) is 12.5. The van der Waals surface area contributed by atoms with E-state index in [1.165, 1.54) is 23.5 Å². The van der Waals surface area contributed by atoms with Crippen LogP contribution in [0.15, 0.2) is 55.0 Å². The maximum Gasteiger partial charge on any atom is 0.225 e. The van der Waals surface area contributed by atoms with Gasteiger partial charge in [-0.25, -0.2) is 24.3 Å². The minimum absolute atomic E-state index is 0.121. The Bertz CT molecular complexity index is 1950. The number of aryl methyl sites for hydroxylation is 1. The normalized spacial score (nSPS) is 15.8. The van der Waals surface area contributed by atoms with Gasteiger partial charge in [0, 0.05) is 67.4 Å². The van der Waals surface area contributed by atoms with Crippen molar-refractivity contribution in [2.75, 3.05) is 43.0 Å². The summed E-state index contributed by atoms with van der Waals surface area (Å²) < 4.78 is 15.6. The number of rotatable bonds is 8. The zero-order valence-electron chi connectivity index (χ0n) is 27.0. The van der Waals surface area contributed by atoms with Gasteiger partial charge in [-0.05, 0) is 81.6 Å². The average Bonchev–Trinajstić information content (AvgIpc) is 3.74. The van der Waals surface area contributed by atoms with E-state index in [1.807, 2.05) is 47.1 Å². The molecule has 1 amide bonds. The Kier molecular flexibility index (Phi) is 9.01. The lowest BCUT2D eigenvalue weighted by atomic mass is 9.96. The maximum absolute atomic E-state index is 13.6. The van der Waals surface area contributed by atoms with Gasteiger partial charge in [0.2, 0.25) is 11.9 Å². The molecular weight excluding hydrogens is 628 g/mol. The van der Waals surface area contributed by atoms with Gasteiger partial charge in [0.05, 0.1) is 5.69 Å². The fourth-order valence-electron chi connectivity index (χ4n) is 6.53. The molecule has 0 bridgehead atoms. The van der Waals surface area contributed by atoms with Crippen molar-refractivity contribution in [3.63, 3.8) is 0 Å². The van der Waals surface area contributed by atoms with Crippen molar-refractivity contribution in [2.45, 2.75) is 45.1 Å². The van der Waals surface area contributed by atoms with E-state index in [9.17, 15) is 14.4 Å². The molecule has 0 spiro atoms. The van der Waals surface area contributed by atoms with Gasteiger partial charge in [-0.15, -0.1) is 0 Å². The standard InChI is InChI=1S/C35H37FN10OS/c1-3-28-33(44(2)35-43-31(29(18-37)48-35)22-4-7-26(36)8-5-22)46-21-24(6-9-30(46)42-28)25-19-39-34(40-20-25)45-16-12-27(13-17-45)41-32(47)23-10-14-38-15-11-23/h4-9,19-21,23,27,38H,3,10-17H2,1-2H3,(H,41,47). The summed E-state index contributed by atoms with van der Waals surface area (Å²) >= 11 is 1.29. The van der Waals surface area contributed by atoms with Crippen molar-refractivity contribution >= 4 is 39.8 Å². The predicted octanol–water partition coefficient (Wildman–Crippen LogP) is 5.34. The van der Waals surface area contributed by atoms with E-state index in [-0.39, 0.29) is 23.7 Å². The number of carbonyl (C=O) groups is 1. The Hall–Kier alpha value is -4.93. The summed E-state index contributed by atoms with van der Waals surface area (Å²) in [7, 11) is 1.92. The number of hydrogen-bond acceptors (Lipinski definition) is 10. The summed E-state index contributed by atoms with van der Waals surface area (Å²) in [5.41, 5.74) is 4.72. The van der Waals surface area contributed by atoms with Crippen LogP contribution in [0.1, 0.15) is 43.2 Å². The molecule has 7 rings (SSSR count). The molecule has 0 atom stereocenters. The van der Waals surface area contributed by atoms with Crippen LogP contribution in [-0.4, -0.2) is 69.5 Å². The molecule has 1 aromatic carbocycles. The van der Waals surface area contributed by atoms with E-state index in [0.717, 1.165) is 80.1 Å². The van der Waals surface area contributed by atoms with E-state index in [2.05, 4.69) is 28.5 Å². The summed E-state index contributed by atoms with van der Waals surface area (Å²) in [6.07, 6.45) is 9.99. The van der Waals surface area contributed by atoms with Gasteiger partial charge in [0.25, 0.3) is 0 Å². The highest BCUT2D eigenvalue weighted by Crippen LogP contribution is 2.37. The SMILES string of the molecule is CCc1nc2ccc(-c3cnc(N4CCC(NC(=O)C5CCNCC5)CC4)nc3)cn2c1N(C)c1nc(-c2ccc(F)cc2)c(C#N)s1. The van der Waals surface area contributed by atoms with E-state index in [0.29, 0.717) is 33.6 Å². The zero-order valence-corrected chi connectivity index (χ0v) is 27.8. The first-order chi connectivity index (χ1) is 23.4. The van der Waals surface area contributed by atoms with Gasteiger partial charge >= 0.3 is 0 Å². The third-order valence-corrected chi connectivity index (χ3v) is 10.3. The molecule has 2 fully saturated rings. The molecule has 246 valence electrons. The van der Waals surface area contributed by atoms with Gasteiger partial charge in [-0.2, -0.15) is 5.26 Å². The molecule has 0 radical (unpaired) electrons. The molecule has 0 unspecified atom stereocenters. The van der Waals surface area contributed by atoms with Crippen molar-refractivity contribution in [2.24, 2.45) is 5.92 Å². The van der Waals surface area contributed by atoms with Crippen molar-refractivity contribution in [3.8, 4) is 28.5 Å². The minimum atomic E-state index is -0.339. The highest BCUT2D eigenvalue weighted by molar-refractivity contribution is 7.16. The average molecular weight is 665 g/mol. The van der Waals surface area contributed by atoms with Crippen LogP contribution in [0.5, 0.6) is 0 Å². The number of hydrogen-bond donors (Lipinski definition) is 2. The number of nitrogens with one attached hydrogen (secondary N) is 2. The Morgan fingerprint density at radius 2 is 1.75 bits per heavy atom. The Morgan fingerprint density at radius 1 is 1.04 bits per heavy atom. The molecule has 13 heteroatoms. The molecule has 0 aliphatic carbocycles. The van der Waals surface area contributed by atoms with E-state index >= 15 is 0 Å². The summed E-state index contributed by atoms with van der Waals surface area (Å²) in [6.45, 7) is 5.47. The second kappa shape index (κ2) is 13.7. The Balaban J connectivity index is 1.08. The molecule has 6 heterocycles.